The van der Waals surface area contributed by atoms with E-state index in [1.165, 1.54) is 18.5 Å². The van der Waals surface area contributed by atoms with Gasteiger partial charge >= 0.3 is 0 Å². The summed E-state index contributed by atoms with van der Waals surface area (Å²) < 4.78 is 2.36. The third-order valence-corrected chi connectivity index (χ3v) is 5.03. The van der Waals surface area contributed by atoms with Gasteiger partial charge in [0.05, 0.1) is 11.5 Å². The summed E-state index contributed by atoms with van der Waals surface area (Å²) in [6.45, 7) is 6.69. The molecule has 1 saturated heterocycles. The number of aromatic nitrogens is 3. The first-order valence-electron chi connectivity index (χ1n) is 8.35. The third-order valence-electron chi connectivity index (χ3n) is 5.03. The van der Waals surface area contributed by atoms with Gasteiger partial charge in [-0.25, -0.2) is 4.98 Å². The van der Waals surface area contributed by atoms with Crippen LogP contribution >= 0.6 is 0 Å². The van der Waals surface area contributed by atoms with Crippen molar-refractivity contribution in [3.8, 4) is 0 Å². The maximum absolute atomic E-state index is 12.6. The van der Waals surface area contributed by atoms with Crippen molar-refractivity contribution in [2.75, 3.05) is 13.1 Å². The molecule has 1 amide bonds. The number of likely N-dealkylation sites (tertiary alicyclic amines) is 1. The van der Waals surface area contributed by atoms with Crippen LogP contribution in [0.3, 0.4) is 0 Å². The highest BCUT2D eigenvalue weighted by atomic mass is 16.2. The average molecular weight is 310 g/mol. The van der Waals surface area contributed by atoms with Crippen molar-refractivity contribution < 1.29 is 4.79 Å². The Morgan fingerprint density at radius 1 is 1.26 bits per heavy atom. The number of carbonyl (C=O) groups excluding carboxylic acids is 1. The first kappa shape index (κ1) is 14.4. The van der Waals surface area contributed by atoms with E-state index in [1.807, 2.05) is 24.1 Å². The third kappa shape index (κ3) is 2.64. The van der Waals surface area contributed by atoms with Crippen LogP contribution in [0.2, 0.25) is 0 Å². The van der Waals surface area contributed by atoms with Crippen molar-refractivity contribution in [2.45, 2.75) is 39.2 Å². The first-order chi connectivity index (χ1) is 11.1. The number of aryl methyl sites for hydroxylation is 2. The molecular formula is C18H22N4O. The topological polar surface area (TPSA) is 51.0 Å². The van der Waals surface area contributed by atoms with Crippen LogP contribution in [-0.2, 0) is 6.54 Å². The number of amides is 1. The number of rotatable bonds is 4. The summed E-state index contributed by atoms with van der Waals surface area (Å²) in [5.74, 6) is 2.44. The van der Waals surface area contributed by atoms with Crippen molar-refractivity contribution in [2.24, 2.45) is 5.92 Å². The molecular weight excluding hydrogens is 288 g/mol. The van der Waals surface area contributed by atoms with Gasteiger partial charge in [-0.2, -0.15) is 0 Å². The van der Waals surface area contributed by atoms with Gasteiger partial charge in [0.2, 0.25) is 0 Å². The molecule has 1 aliphatic heterocycles. The highest BCUT2D eigenvalue weighted by molar-refractivity contribution is 5.95. The molecule has 2 aromatic rings. The minimum atomic E-state index is 0.0869. The molecule has 0 atom stereocenters. The maximum atomic E-state index is 12.6. The predicted molar refractivity (Wildman–Crippen MR) is 87.3 cm³/mol. The van der Waals surface area contributed by atoms with Gasteiger partial charge in [-0.15, -0.1) is 0 Å². The fourth-order valence-corrected chi connectivity index (χ4v) is 3.27. The largest absolute Gasteiger partial charge is 0.337 e. The van der Waals surface area contributed by atoms with Crippen LogP contribution in [0.4, 0.5) is 0 Å². The van der Waals surface area contributed by atoms with Gasteiger partial charge in [-0.05, 0) is 44.2 Å². The number of imidazole rings is 1. The molecule has 0 aromatic carbocycles. The Balaban J connectivity index is 1.45. The molecule has 1 saturated carbocycles. The van der Waals surface area contributed by atoms with Crippen LogP contribution in [0.15, 0.2) is 24.7 Å². The Labute approximate surface area is 136 Å². The van der Waals surface area contributed by atoms with Gasteiger partial charge in [0.25, 0.3) is 5.91 Å². The zero-order valence-corrected chi connectivity index (χ0v) is 13.7. The first-order valence-corrected chi connectivity index (χ1v) is 8.35. The van der Waals surface area contributed by atoms with Gasteiger partial charge in [0.15, 0.2) is 0 Å². The lowest BCUT2D eigenvalue weighted by atomic mass is 9.97. The van der Waals surface area contributed by atoms with E-state index in [0.717, 1.165) is 36.9 Å². The molecule has 5 nitrogen and oxygen atoms in total. The Kier molecular flexibility index (Phi) is 3.43. The maximum Gasteiger partial charge on any atom is 0.255 e. The van der Waals surface area contributed by atoms with Crippen molar-refractivity contribution >= 4 is 5.91 Å². The second kappa shape index (κ2) is 5.48. The van der Waals surface area contributed by atoms with Crippen LogP contribution in [0.1, 0.15) is 46.2 Å². The highest BCUT2D eigenvalue weighted by Gasteiger charge is 2.36. The van der Waals surface area contributed by atoms with Crippen LogP contribution < -0.4 is 0 Å². The van der Waals surface area contributed by atoms with Crippen LogP contribution in [-0.4, -0.2) is 38.4 Å². The molecule has 23 heavy (non-hydrogen) atoms. The summed E-state index contributed by atoms with van der Waals surface area (Å²) in [4.78, 5) is 23.2. The molecule has 0 N–H and O–H groups in total. The fourth-order valence-electron chi connectivity index (χ4n) is 3.27. The predicted octanol–water partition coefficient (Wildman–Crippen LogP) is 2.54. The number of pyridine rings is 1. The molecule has 0 spiro atoms. The van der Waals surface area contributed by atoms with Crippen molar-refractivity contribution in [1.82, 2.24) is 19.4 Å². The highest BCUT2D eigenvalue weighted by Crippen LogP contribution is 2.34. The van der Waals surface area contributed by atoms with Gasteiger partial charge in [0.1, 0.15) is 5.82 Å². The van der Waals surface area contributed by atoms with E-state index in [-0.39, 0.29) is 5.91 Å². The molecule has 120 valence electrons. The van der Waals surface area contributed by atoms with Crippen LogP contribution in [0.5, 0.6) is 0 Å². The Bertz CT molecular complexity index is 741. The Morgan fingerprint density at radius 2 is 2.04 bits per heavy atom. The van der Waals surface area contributed by atoms with E-state index in [1.54, 1.807) is 12.4 Å². The average Bonchev–Trinajstić information content (AvgIpc) is 3.24. The van der Waals surface area contributed by atoms with E-state index in [0.29, 0.717) is 11.5 Å². The van der Waals surface area contributed by atoms with Gasteiger partial charge in [-0.3, -0.25) is 9.78 Å². The molecule has 4 rings (SSSR count). The summed E-state index contributed by atoms with van der Waals surface area (Å²) in [5.41, 5.74) is 2.93. The number of hydrogen-bond donors (Lipinski definition) is 0. The molecule has 0 unspecified atom stereocenters. The van der Waals surface area contributed by atoms with Crippen LogP contribution in [0.25, 0.3) is 0 Å². The zero-order valence-electron chi connectivity index (χ0n) is 13.7. The van der Waals surface area contributed by atoms with E-state index in [2.05, 4.69) is 21.5 Å². The van der Waals surface area contributed by atoms with E-state index in [9.17, 15) is 4.79 Å². The molecule has 1 aliphatic carbocycles. The number of hydrogen-bond acceptors (Lipinski definition) is 3. The van der Waals surface area contributed by atoms with Crippen molar-refractivity contribution in [3.05, 3.63) is 47.3 Å². The summed E-state index contributed by atoms with van der Waals surface area (Å²) in [6, 6.07) is 1.89. The summed E-state index contributed by atoms with van der Waals surface area (Å²) in [6.07, 6.45) is 8.04. The Hall–Kier alpha value is -2.17. The lowest BCUT2D eigenvalue weighted by Gasteiger charge is -2.39. The molecule has 3 heterocycles. The van der Waals surface area contributed by atoms with Crippen molar-refractivity contribution in [1.29, 1.82) is 0 Å². The second-order valence-electron chi connectivity index (χ2n) is 6.91. The monoisotopic (exact) mass is 310 g/mol. The second-order valence-corrected chi connectivity index (χ2v) is 6.91. The van der Waals surface area contributed by atoms with E-state index < -0.39 is 0 Å². The molecule has 0 bridgehead atoms. The minimum absolute atomic E-state index is 0.0869. The SMILES string of the molecule is Cc1ccncc1C(=O)N1CC(c2ncc(C)n2CC2CC2)C1. The zero-order chi connectivity index (χ0) is 16.0. The Morgan fingerprint density at radius 3 is 2.74 bits per heavy atom. The molecule has 2 fully saturated rings. The quantitative estimate of drug-likeness (QED) is 0.872. The van der Waals surface area contributed by atoms with Gasteiger partial charge in [-0.1, -0.05) is 0 Å². The standard InChI is InChI=1S/C18H22N4O/c1-12-5-6-19-8-16(12)18(23)21-10-15(11-21)17-20-7-13(2)22(17)9-14-3-4-14/h5-8,14-15H,3-4,9-11H2,1-2H3. The summed E-state index contributed by atoms with van der Waals surface area (Å²) in [7, 11) is 0. The van der Waals surface area contributed by atoms with Crippen LogP contribution in [0, 0.1) is 19.8 Å². The lowest BCUT2D eigenvalue weighted by molar-refractivity contribution is 0.0589. The van der Waals surface area contributed by atoms with E-state index >= 15 is 0 Å². The normalized spacial score (nSPS) is 18.1. The summed E-state index contributed by atoms with van der Waals surface area (Å²) in [5, 5.41) is 0. The fraction of sp³-hybridized carbons (Fsp3) is 0.500. The minimum Gasteiger partial charge on any atom is -0.337 e. The molecule has 2 aliphatic rings. The van der Waals surface area contributed by atoms with Gasteiger partial charge < -0.3 is 9.47 Å². The molecule has 5 heteroatoms. The lowest BCUT2D eigenvalue weighted by Crippen LogP contribution is -2.49. The van der Waals surface area contributed by atoms with E-state index in [4.69, 9.17) is 0 Å². The summed E-state index contributed by atoms with van der Waals surface area (Å²) >= 11 is 0. The molecule has 2 aromatic heterocycles. The smallest absolute Gasteiger partial charge is 0.255 e. The van der Waals surface area contributed by atoms with Gasteiger partial charge in [0, 0.05) is 43.9 Å². The number of nitrogens with zero attached hydrogens (tertiary/aromatic N) is 4. The number of carbonyl (C=O) groups is 1. The van der Waals surface area contributed by atoms with Crippen molar-refractivity contribution in [3.63, 3.8) is 0 Å². The molecule has 0 radical (unpaired) electrons.